The highest BCUT2D eigenvalue weighted by atomic mass is 32.2. The number of aryl methyl sites for hydroxylation is 1. The molecule has 92 valence electrons. The molecule has 0 amide bonds. The average Bonchev–Trinajstić information content (AvgIpc) is 2.61. The molecule has 0 bridgehead atoms. The Hall–Kier alpha value is -0.990. The van der Waals surface area contributed by atoms with Gasteiger partial charge in [-0.2, -0.15) is 4.98 Å². The van der Waals surface area contributed by atoms with Crippen molar-refractivity contribution < 1.29 is 12.9 Å². The van der Waals surface area contributed by atoms with E-state index in [2.05, 4.69) is 20.2 Å². The third kappa shape index (κ3) is 4.69. The van der Waals surface area contributed by atoms with Gasteiger partial charge in [0.2, 0.25) is 15.9 Å². The van der Waals surface area contributed by atoms with E-state index in [4.69, 9.17) is 4.52 Å². The predicted octanol–water partition coefficient (Wildman–Crippen LogP) is -0.941. The minimum atomic E-state index is -3.21. The summed E-state index contributed by atoms with van der Waals surface area (Å²) >= 11 is 0. The third-order valence-corrected chi connectivity index (χ3v) is 3.24. The fourth-order valence-electron chi connectivity index (χ4n) is 1.06. The number of rotatable bonds is 7. The summed E-state index contributed by atoms with van der Waals surface area (Å²) in [4.78, 5) is 3.97. The molecule has 0 aliphatic heterocycles. The maximum absolute atomic E-state index is 11.4. The highest BCUT2D eigenvalue weighted by molar-refractivity contribution is 7.89. The highest BCUT2D eigenvalue weighted by Gasteiger charge is 2.09. The van der Waals surface area contributed by atoms with Gasteiger partial charge in [0.25, 0.3) is 0 Å². The first kappa shape index (κ1) is 13.1. The average molecular weight is 248 g/mol. The van der Waals surface area contributed by atoms with Gasteiger partial charge in [0, 0.05) is 19.5 Å². The summed E-state index contributed by atoms with van der Waals surface area (Å²) in [6, 6.07) is 0. The molecule has 0 aliphatic carbocycles. The van der Waals surface area contributed by atoms with Gasteiger partial charge >= 0.3 is 0 Å². The van der Waals surface area contributed by atoms with Crippen LogP contribution in [0.3, 0.4) is 0 Å². The molecule has 8 heteroatoms. The zero-order chi connectivity index (χ0) is 12.0. The maximum Gasteiger partial charge on any atom is 0.227 e. The zero-order valence-corrected chi connectivity index (χ0v) is 10.2. The lowest BCUT2D eigenvalue weighted by molar-refractivity contribution is 0.375. The summed E-state index contributed by atoms with van der Waals surface area (Å²) in [6.45, 7) is 2.41. The predicted molar refractivity (Wildman–Crippen MR) is 58.5 cm³/mol. The quantitative estimate of drug-likeness (QED) is 0.646. The van der Waals surface area contributed by atoms with Crippen molar-refractivity contribution in [2.75, 3.05) is 25.9 Å². The normalized spacial score (nSPS) is 11.9. The van der Waals surface area contributed by atoms with Gasteiger partial charge in [-0.25, -0.2) is 13.1 Å². The van der Waals surface area contributed by atoms with E-state index in [1.807, 2.05) is 0 Å². The topological polar surface area (TPSA) is 97.1 Å². The molecule has 1 rings (SSSR count). The third-order valence-electron chi connectivity index (χ3n) is 1.85. The van der Waals surface area contributed by atoms with E-state index >= 15 is 0 Å². The molecule has 0 saturated heterocycles. The van der Waals surface area contributed by atoms with Crippen molar-refractivity contribution in [2.24, 2.45) is 0 Å². The van der Waals surface area contributed by atoms with E-state index < -0.39 is 10.0 Å². The van der Waals surface area contributed by atoms with Crippen LogP contribution in [0.4, 0.5) is 0 Å². The number of nitrogens with zero attached hydrogens (tertiary/aromatic N) is 2. The van der Waals surface area contributed by atoms with E-state index in [0.29, 0.717) is 24.7 Å². The SMILES string of the molecule is CNCCS(=O)(=O)NCCc1nc(C)no1. The fourth-order valence-corrected chi connectivity index (χ4v) is 2.09. The van der Waals surface area contributed by atoms with Gasteiger partial charge in [0.05, 0.1) is 5.75 Å². The molecule has 0 saturated carbocycles. The molecule has 0 unspecified atom stereocenters. The first-order valence-corrected chi connectivity index (χ1v) is 6.60. The van der Waals surface area contributed by atoms with Crippen LogP contribution in [-0.2, 0) is 16.4 Å². The van der Waals surface area contributed by atoms with Gasteiger partial charge in [0.1, 0.15) is 0 Å². The van der Waals surface area contributed by atoms with Gasteiger partial charge in [-0.05, 0) is 14.0 Å². The van der Waals surface area contributed by atoms with E-state index in [1.54, 1.807) is 14.0 Å². The summed E-state index contributed by atoms with van der Waals surface area (Å²) in [5.41, 5.74) is 0. The van der Waals surface area contributed by atoms with E-state index in [-0.39, 0.29) is 12.3 Å². The molecular formula is C8H16N4O3S. The van der Waals surface area contributed by atoms with Crippen LogP contribution in [0.25, 0.3) is 0 Å². The van der Waals surface area contributed by atoms with Crippen LogP contribution in [0.15, 0.2) is 4.52 Å². The van der Waals surface area contributed by atoms with Gasteiger partial charge in [0.15, 0.2) is 5.82 Å². The highest BCUT2D eigenvalue weighted by Crippen LogP contribution is 1.96. The van der Waals surface area contributed by atoms with Crippen molar-refractivity contribution >= 4 is 10.0 Å². The van der Waals surface area contributed by atoms with Gasteiger partial charge in [-0.3, -0.25) is 0 Å². The summed E-state index contributed by atoms with van der Waals surface area (Å²) in [5, 5.41) is 6.38. The standard InChI is InChI=1S/C8H16N4O3S/c1-7-11-8(15-12-7)3-4-10-16(13,14)6-5-9-2/h9-10H,3-6H2,1-2H3. The summed E-state index contributed by atoms with van der Waals surface area (Å²) in [7, 11) is -1.50. The first-order valence-electron chi connectivity index (χ1n) is 4.94. The Morgan fingerprint density at radius 3 is 2.69 bits per heavy atom. The molecule has 0 atom stereocenters. The van der Waals surface area contributed by atoms with Crippen LogP contribution >= 0.6 is 0 Å². The number of hydrogen-bond donors (Lipinski definition) is 2. The van der Waals surface area contributed by atoms with E-state index in [1.165, 1.54) is 0 Å². The first-order chi connectivity index (χ1) is 7.53. The Morgan fingerprint density at radius 2 is 2.12 bits per heavy atom. The van der Waals surface area contributed by atoms with E-state index in [0.717, 1.165) is 0 Å². The Bertz CT molecular complexity index is 415. The lowest BCUT2D eigenvalue weighted by Gasteiger charge is -2.04. The van der Waals surface area contributed by atoms with Gasteiger partial charge in [-0.1, -0.05) is 5.16 Å². The van der Waals surface area contributed by atoms with Crippen molar-refractivity contribution in [3.8, 4) is 0 Å². The number of sulfonamides is 1. The molecular weight excluding hydrogens is 232 g/mol. The van der Waals surface area contributed by atoms with Crippen LogP contribution in [0.2, 0.25) is 0 Å². The summed E-state index contributed by atoms with van der Waals surface area (Å²) in [5.74, 6) is 1.05. The minimum absolute atomic E-state index is 0.0619. The molecule has 0 spiro atoms. The minimum Gasteiger partial charge on any atom is -0.339 e. The van der Waals surface area contributed by atoms with Crippen molar-refractivity contribution in [2.45, 2.75) is 13.3 Å². The Kier molecular flexibility index (Phi) is 4.84. The molecule has 1 aromatic rings. The van der Waals surface area contributed by atoms with Crippen LogP contribution in [0.5, 0.6) is 0 Å². The number of aromatic nitrogens is 2. The molecule has 1 heterocycles. The second-order valence-corrected chi connectivity index (χ2v) is 5.23. The smallest absolute Gasteiger partial charge is 0.227 e. The zero-order valence-electron chi connectivity index (χ0n) is 9.36. The maximum atomic E-state index is 11.4. The van der Waals surface area contributed by atoms with Crippen LogP contribution in [-0.4, -0.2) is 44.4 Å². The van der Waals surface area contributed by atoms with Crippen molar-refractivity contribution in [1.29, 1.82) is 0 Å². The lowest BCUT2D eigenvalue weighted by Crippen LogP contribution is -2.32. The van der Waals surface area contributed by atoms with Crippen molar-refractivity contribution in [1.82, 2.24) is 20.2 Å². The Balaban J connectivity index is 2.29. The molecule has 0 fully saturated rings. The van der Waals surface area contributed by atoms with Crippen LogP contribution < -0.4 is 10.0 Å². The van der Waals surface area contributed by atoms with Gasteiger partial charge < -0.3 is 9.84 Å². The summed E-state index contributed by atoms with van der Waals surface area (Å²) in [6.07, 6.45) is 0.402. The fraction of sp³-hybridized carbons (Fsp3) is 0.750. The summed E-state index contributed by atoms with van der Waals surface area (Å²) < 4.78 is 30.0. The number of nitrogens with one attached hydrogen (secondary N) is 2. The van der Waals surface area contributed by atoms with Crippen LogP contribution in [0.1, 0.15) is 11.7 Å². The molecule has 0 aromatic carbocycles. The van der Waals surface area contributed by atoms with Crippen LogP contribution in [0, 0.1) is 6.92 Å². The molecule has 16 heavy (non-hydrogen) atoms. The monoisotopic (exact) mass is 248 g/mol. The van der Waals surface area contributed by atoms with Gasteiger partial charge in [-0.15, -0.1) is 0 Å². The molecule has 1 aromatic heterocycles. The second-order valence-electron chi connectivity index (χ2n) is 3.30. The molecule has 0 aliphatic rings. The largest absolute Gasteiger partial charge is 0.339 e. The van der Waals surface area contributed by atoms with Crippen molar-refractivity contribution in [3.63, 3.8) is 0 Å². The molecule has 2 N–H and O–H groups in total. The Morgan fingerprint density at radius 1 is 1.38 bits per heavy atom. The molecule has 0 radical (unpaired) electrons. The lowest BCUT2D eigenvalue weighted by atomic mass is 10.4. The molecule has 7 nitrogen and oxygen atoms in total. The second kappa shape index (κ2) is 5.92. The Labute approximate surface area is 94.7 Å². The van der Waals surface area contributed by atoms with Crippen molar-refractivity contribution in [3.05, 3.63) is 11.7 Å². The number of hydrogen-bond acceptors (Lipinski definition) is 6. The van der Waals surface area contributed by atoms with E-state index in [9.17, 15) is 8.42 Å².